The van der Waals surface area contributed by atoms with E-state index < -0.39 is 6.10 Å². The third kappa shape index (κ3) is 2.75. The molecule has 88 valence electrons. The first kappa shape index (κ1) is 11.9. The SMILES string of the molecule is Nc1cc(Br)ccc1C(O)CC1CCCN1. The van der Waals surface area contributed by atoms with Crippen LogP contribution in [0.5, 0.6) is 0 Å². The number of hydrogen-bond acceptors (Lipinski definition) is 3. The summed E-state index contributed by atoms with van der Waals surface area (Å²) in [4.78, 5) is 0. The summed E-state index contributed by atoms with van der Waals surface area (Å²) in [5.41, 5.74) is 7.37. The highest BCUT2D eigenvalue weighted by atomic mass is 79.9. The van der Waals surface area contributed by atoms with E-state index in [0.29, 0.717) is 11.7 Å². The van der Waals surface area contributed by atoms with Crippen LogP contribution < -0.4 is 11.1 Å². The molecule has 1 aromatic rings. The van der Waals surface area contributed by atoms with Crippen molar-refractivity contribution in [3.63, 3.8) is 0 Å². The van der Waals surface area contributed by atoms with Crippen molar-refractivity contribution in [2.75, 3.05) is 12.3 Å². The molecule has 16 heavy (non-hydrogen) atoms. The quantitative estimate of drug-likeness (QED) is 0.746. The Morgan fingerprint density at radius 3 is 3.00 bits per heavy atom. The van der Waals surface area contributed by atoms with Gasteiger partial charge in [-0.25, -0.2) is 0 Å². The molecule has 0 aromatic heterocycles. The summed E-state index contributed by atoms with van der Waals surface area (Å²) in [6, 6.07) is 6.06. The molecule has 1 fully saturated rings. The molecular formula is C12H17BrN2O. The number of nitrogens with one attached hydrogen (secondary N) is 1. The molecule has 2 rings (SSSR count). The molecule has 0 saturated carbocycles. The first-order valence-corrected chi connectivity index (χ1v) is 6.42. The first-order valence-electron chi connectivity index (χ1n) is 5.63. The van der Waals surface area contributed by atoms with Crippen molar-refractivity contribution in [1.29, 1.82) is 0 Å². The second-order valence-corrected chi connectivity index (χ2v) is 5.23. The van der Waals surface area contributed by atoms with E-state index in [2.05, 4.69) is 21.2 Å². The van der Waals surface area contributed by atoms with Gasteiger partial charge in [0.15, 0.2) is 0 Å². The highest BCUT2D eigenvalue weighted by molar-refractivity contribution is 9.10. The van der Waals surface area contributed by atoms with E-state index in [4.69, 9.17) is 5.73 Å². The van der Waals surface area contributed by atoms with Gasteiger partial charge in [0, 0.05) is 21.8 Å². The number of anilines is 1. The van der Waals surface area contributed by atoms with Crippen LogP contribution in [0.15, 0.2) is 22.7 Å². The third-order valence-electron chi connectivity index (χ3n) is 3.08. The number of nitrogen functional groups attached to an aromatic ring is 1. The highest BCUT2D eigenvalue weighted by Gasteiger charge is 2.20. The molecule has 4 heteroatoms. The van der Waals surface area contributed by atoms with Gasteiger partial charge in [-0.15, -0.1) is 0 Å². The fourth-order valence-corrected chi connectivity index (χ4v) is 2.58. The van der Waals surface area contributed by atoms with E-state index in [1.165, 1.54) is 6.42 Å². The lowest BCUT2D eigenvalue weighted by Crippen LogP contribution is -2.24. The number of aliphatic hydroxyl groups excluding tert-OH is 1. The summed E-state index contributed by atoms with van der Waals surface area (Å²) in [5.74, 6) is 0. The van der Waals surface area contributed by atoms with Gasteiger partial charge in [-0.3, -0.25) is 0 Å². The molecule has 1 aliphatic rings. The van der Waals surface area contributed by atoms with E-state index >= 15 is 0 Å². The van der Waals surface area contributed by atoms with E-state index in [-0.39, 0.29) is 0 Å². The van der Waals surface area contributed by atoms with Crippen LogP contribution in [0.3, 0.4) is 0 Å². The van der Waals surface area contributed by atoms with Crippen LogP contribution >= 0.6 is 15.9 Å². The Bertz CT molecular complexity index is 364. The fourth-order valence-electron chi connectivity index (χ4n) is 2.20. The number of hydrogen-bond donors (Lipinski definition) is 3. The molecule has 0 spiro atoms. The lowest BCUT2D eigenvalue weighted by Gasteiger charge is -2.17. The third-order valence-corrected chi connectivity index (χ3v) is 3.57. The minimum Gasteiger partial charge on any atom is -0.398 e. The summed E-state index contributed by atoms with van der Waals surface area (Å²) in [6.45, 7) is 1.06. The molecule has 4 N–H and O–H groups in total. The summed E-state index contributed by atoms with van der Waals surface area (Å²) in [6.07, 6.45) is 2.62. The molecule has 0 aliphatic carbocycles. The Hall–Kier alpha value is -0.580. The lowest BCUT2D eigenvalue weighted by molar-refractivity contribution is 0.155. The van der Waals surface area contributed by atoms with Gasteiger partial charge in [-0.1, -0.05) is 22.0 Å². The minimum absolute atomic E-state index is 0.429. The van der Waals surface area contributed by atoms with E-state index in [9.17, 15) is 5.11 Å². The Balaban J connectivity index is 2.04. The Morgan fingerprint density at radius 2 is 2.38 bits per heavy atom. The molecule has 2 unspecified atom stereocenters. The van der Waals surface area contributed by atoms with Crippen molar-refractivity contribution < 1.29 is 5.11 Å². The van der Waals surface area contributed by atoms with Gasteiger partial charge in [0.1, 0.15) is 0 Å². The molecule has 0 bridgehead atoms. The monoisotopic (exact) mass is 284 g/mol. The molecular weight excluding hydrogens is 268 g/mol. The van der Waals surface area contributed by atoms with Crippen LogP contribution in [0, 0.1) is 0 Å². The van der Waals surface area contributed by atoms with Gasteiger partial charge >= 0.3 is 0 Å². The van der Waals surface area contributed by atoms with Crippen molar-refractivity contribution in [2.45, 2.75) is 31.4 Å². The van der Waals surface area contributed by atoms with Crippen molar-refractivity contribution >= 4 is 21.6 Å². The predicted octanol–water partition coefficient (Wildman–Crippen LogP) is 2.21. The van der Waals surface area contributed by atoms with Crippen LogP contribution in [-0.4, -0.2) is 17.7 Å². The number of benzene rings is 1. The Kier molecular flexibility index (Phi) is 3.84. The fraction of sp³-hybridized carbons (Fsp3) is 0.500. The lowest BCUT2D eigenvalue weighted by atomic mass is 10.00. The molecule has 1 aromatic carbocycles. The zero-order valence-electron chi connectivity index (χ0n) is 9.12. The Labute approximate surface area is 104 Å². The zero-order valence-corrected chi connectivity index (χ0v) is 10.7. The number of aliphatic hydroxyl groups is 1. The summed E-state index contributed by atoms with van der Waals surface area (Å²) in [5, 5.41) is 13.5. The van der Waals surface area contributed by atoms with Crippen molar-refractivity contribution in [2.24, 2.45) is 0 Å². The van der Waals surface area contributed by atoms with Gasteiger partial charge in [0.2, 0.25) is 0 Å². The molecule has 0 radical (unpaired) electrons. The number of rotatable bonds is 3. The van der Waals surface area contributed by atoms with Crippen LogP contribution in [0.25, 0.3) is 0 Å². The summed E-state index contributed by atoms with van der Waals surface area (Å²) >= 11 is 3.36. The molecule has 3 nitrogen and oxygen atoms in total. The topological polar surface area (TPSA) is 58.3 Å². The van der Waals surface area contributed by atoms with E-state index in [0.717, 1.165) is 29.4 Å². The molecule has 1 heterocycles. The molecule has 1 saturated heterocycles. The highest BCUT2D eigenvalue weighted by Crippen LogP contribution is 2.28. The first-order chi connectivity index (χ1) is 7.66. The van der Waals surface area contributed by atoms with Crippen LogP contribution in [-0.2, 0) is 0 Å². The zero-order chi connectivity index (χ0) is 11.5. The van der Waals surface area contributed by atoms with Crippen LogP contribution in [0.4, 0.5) is 5.69 Å². The molecule has 1 aliphatic heterocycles. The largest absolute Gasteiger partial charge is 0.398 e. The number of halogens is 1. The average Bonchev–Trinajstić information content (AvgIpc) is 2.70. The van der Waals surface area contributed by atoms with Gasteiger partial charge in [0.05, 0.1) is 6.10 Å². The minimum atomic E-state index is -0.469. The van der Waals surface area contributed by atoms with Gasteiger partial charge in [-0.2, -0.15) is 0 Å². The second-order valence-electron chi connectivity index (χ2n) is 4.32. The van der Waals surface area contributed by atoms with Crippen molar-refractivity contribution in [3.8, 4) is 0 Å². The summed E-state index contributed by atoms with van der Waals surface area (Å²) in [7, 11) is 0. The average molecular weight is 285 g/mol. The van der Waals surface area contributed by atoms with Gasteiger partial charge < -0.3 is 16.2 Å². The van der Waals surface area contributed by atoms with Crippen molar-refractivity contribution in [3.05, 3.63) is 28.2 Å². The van der Waals surface area contributed by atoms with E-state index in [1.54, 1.807) is 0 Å². The predicted molar refractivity (Wildman–Crippen MR) is 69.2 cm³/mol. The van der Waals surface area contributed by atoms with E-state index in [1.807, 2.05) is 18.2 Å². The van der Waals surface area contributed by atoms with Crippen LogP contribution in [0.1, 0.15) is 30.9 Å². The Morgan fingerprint density at radius 1 is 1.56 bits per heavy atom. The molecule has 2 atom stereocenters. The second kappa shape index (κ2) is 5.17. The normalized spacial score (nSPS) is 22.2. The summed E-state index contributed by atoms with van der Waals surface area (Å²) < 4.78 is 0.944. The maximum absolute atomic E-state index is 10.1. The maximum Gasteiger partial charge on any atom is 0.0824 e. The maximum atomic E-state index is 10.1. The number of nitrogens with two attached hydrogens (primary N) is 1. The molecule has 0 amide bonds. The smallest absolute Gasteiger partial charge is 0.0824 e. The van der Waals surface area contributed by atoms with Crippen molar-refractivity contribution in [1.82, 2.24) is 5.32 Å². The standard InChI is InChI=1S/C12H17BrN2O/c13-8-3-4-10(11(14)6-8)12(16)7-9-2-1-5-15-9/h3-4,6,9,12,15-16H,1-2,5,7,14H2. The van der Waals surface area contributed by atoms with Crippen LogP contribution in [0.2, 0.25) is 0 Å². The van der Waals surface area contributed by atoms with Gasteiger partial charge in [-0.05, 0) is 37.9 Å². The van der Waals surface area contributed by atoms with Gasteiger partial charge in [0.25, 0.3) is 0 Å².